The van der Waals surface area contributed by atoms with Crippen molar-refractivity contribution in [2.24, 2.45) is 5.73 Å². The van der Waals surface area contributed by atoms with Gasteiger partial charge in [-0.05, 0) is 17.7 Å². The molecule has 21 heavy (non-hydrogen) atoms. The topological polar surface area (TPSA) is 38.9 Å². The number of nitrogens with two attached hydrogens (primary N) is 1. The molecule has 0 radical (unpaired) electrons. The van der Waals surface area contributed by atoms with Crippen molar-refractivity contribution in [3.8, 4) is 21.0 Å². The molecule has 1 aromatic heterocycles. The van der Waals surface area contributed by atoms with Crippen LogP contribution in [0.4, 0.5) is 8.78 Å². The predicted octanol–water partition coefficient (Wildman–Crippen LogP) is 4.21. The Labute approximate surface area is 124 Å². The molecule has 0 aliphatic rings. The first-order valence-electron chi connectivity index (χ1n) is 6.39. The van der Waals surface area contributed by atoms with E-state index in [1.165, 1.54) is 23.5 Å². The van der Waals surface area contributed by atoms with E-state index in [4.69, 9.17) is 5.73 Å². The quantitative estimate of drug-likeness (QED) is 0.787. The van der Waals surface area contributed by atoms with Gasteiger partial charge in [-0.2, -0.15) is 0 Å². The molecule has 0 fully saturated rings. The van der Waals surface area contributed by atoms with Gasteiger partial charge in [0.25, 0.3) is 0 Å². The van der Waals surface area contributed by atoms with E-state index >= 15 is 0 Å². The first-order chi connectivity index (χ1) is 10.2. The van der Waals surface area contributed by atoms with Crippen LogP contribution in [0, 0.1) is 11.6 Å². The van der Waals surface area contributed by atoms with Gasteiger partial charge in [-0.3, -0.25) is 0 Å². The van der Waals surface area contributed by atoms with E-state index in [-0.39, 0.29) is 6.54 Å². The Morgan fingerprint density at radius 3 is 2.48 bits per heavy atom. The number of rotatable bonds is 3. The minimum atomic E-state index is -0.619. The van der Waals surface area contributed by atoms with Gasteiger partial charge in [-0.15, -0.1) is 11.3 Å². The molecule has 0 saturated heterocycles. The minimum Gasteiger partial charge on any atom is -0.325 e. The maximum atomic E-state index is 13.9. The summed E-state index contributed by atoms with van der Waals surface area (Å²) < 4.78 is 26.9. The number of benzene rings is 2. The van der Waals surface area contributed by atoms with Crippen LogP contribution in [-0.4, -0.2) is 4.98 Å². The van der Waals surface area contributed by atoms with Crippen molar-refractivity contribution in [2.75, 3.05) is 0 Å². The average molecular weight is 302 g/mol. The standard InChI is InChI=1S/C16H12F2N2S/c17-11-6-7-12(13(18)8-11)16-20-14(9-19)15(21-16)10-4-2-1-3-5-10/h1-8H,9,19H2. The third-order valence-corrected chi connectivity index (χ3v) is 4.27. The maximum Gasteiger partial charge on any atom is 0.136 e. The zero-order valence-corrected chi connectivity index (χ0v) is 11.8. The van der Waals surface area contributed by atoms with Crippen LogP contribution in [0.2, 0.25) is 0 Å². The summed E-state index contributed by atoms with van der Waals surface area (Å²) in [5, 5.41) is 0.506. The zero-order chi connectivity index (χ0) is 14.8. The fourth-order valence-corrected chi connectivity index (χ4v) is 3.21. The van der Waals surface area contributed by atoms with Crippen molar-refractivity contribution in [3.05, 3.63) is 65.9 Å². The molecule has 2 aromatic carbocycles. The van der Waals surface area contributed by atoms with E-state index < -0.39 is 11.6 Å². The Morgan fingerprint density at radius 1 is 1.05 bits per heavy atom. The zero-order valence-electron chi connectivity index (χ0n) is 11.0. The van der Waals surface area contributed by atoms with E-state index in [0.717, 1.165) is 16.5 Å². The lowest BCUT2D eigenvalue weighted by Crippen LogP contribution is -1.98. The molecule has 0 amide bonds. The van der Waals surface area contributed by atoms with Gasteiger partial charge < -0.3 is 5.73 Å². The maximum absolute atomic E-state index is 13.9. The Kier molecular flexibility index (Phi) is 3.77. The number of hydrogen-bond acceptors (Lipinski definition) is 3. The summed E-state index contributed by atoms with van der Waals surface area (Å²) in [6, 6.07) is 13.2. The molecule has 106 valence electrons. The summed E-state index contributed by atoms with van der Waals surface area (Å²) in [6.07, 6.45) is 0. The molecule has 2 nitrogen and oxygen atoms in total. The second kappa shape index (κ2) is 5.71. The fraction of sp³-hybridized carbons (Fsp3) is 0.0625. The van der Waals surface area contributed by atoms with Gasteiger partial charge in [0.15, 0.2) is 0 Å². The summed E-state index contributed by atoms with van der Waals surface area (Å²) >= 11 is 1.36. The average Bonchev–Trinajstić information content (AvgIpc) is 2.92. The third-order valence-electron chi connectivity index (χ3n) is 3.09. The highest BCUT2D eigenvalue weighted by atomic mass is 32.1. The molecule has 3 rings (SSSR count). The number of hydrogen-bond donors (Lipinski definition) is 1. The second-order valence-electron chi connectivity index (χ2n) is 4.49. The molecule has 5 heteroatoms. The van der Waals surface area contributed by atoms with Crippen LogP contribution in [0.3, 0.4) is 0 Å². The highest BCUT2D eigenvalue weighted by Gasteiger charge is 2.16. The van der Waals surface area contributed by atoms with Crippen molar-refractivity contribution in [1.82, 2.24) is 4.98 Å². The van der Waals surface area contributed by atoms with Gasteiger partial charge in [0, 0.05) is 18.2 Å². The molecule has 0 spiro atoms. The van der Waals surface area contributed by atoms with Crippen molar-refractivity contribution in [3.63, 3.8) is 0 Å². The molecule has 0 saturated carbocycles. The van der Waals surface area contributed by atoms with Gasteiger partial charge in [-0.1, -0.05) is 30.3 Å². The Balaban J connectivity index is 2.12. The lowest BCUT2D eigenvalue weighted by molar-refractivity contribution is 0.585. The molecule has 2 N–H and O–H groups in total. The van der Waals surface area contributed by atoms with E-state index in [9.17, 15) is 8.78 Å². The summed E-state index contributed by atoms with van der Waals surface area (Å²) in [7, 11) is 0. The van der Waals surface area contributed by atoms with Gasteiger partial charge in [-0.25, -0.2) is 13.8 Å². The van der Waals surface area contributed by atoms with E-state index in [2.05, 4.69) is 4.98 Å². The van der Waals surface area contributed by atoms with Gasteiger partial charge in [0.2, 0.25) is 0 Å². The monoisotopic (exact) mass is 302 g/mol. The van der Waals surface area contributed by atoms with Crippen LogP contribution in [0.5, 0.6) is 0 Å². The summed E-state index contributed by atoms with van der Waals surface area (Å²) in [5.41, 5.74) is 7.72. The van der Waals surface area contributed by atoms with Crippen LogP contribution in [0.1, 0.15) is 5.69 Å². The number of thiazole rings is 1. The highest BCUT2D eigenvalue weighted by molar-refractivity contribution is 7.18. The van der Waals surface area contributed by atoms with Crippen LogP contribution >= 0.6 is 11.3 Å². The normalized spacial score (nSPS) is 10.8. The van der Waals surface area contributed by atoms with Gasteiger partial charge in [0.1, 0.15) is 16.6 Å². The van der Waals surface area contributed by atoms with Gasteiger partial charge in [0.05, 0.1) is 10.6 Å². The van der Waals surface area contributed by atoms with E-state index in [1.807, 2.05) is 30.3 Å². The SMILES string of the molecule is NCc1nc(-c2ccc(F)cc2F)sc1-c1ccccc1. The third kappa shape index (κ3) is 2.70. The van der Waals surface area contributed by atoms with Crippen molar-refractivity contribution >= 4 is 11.3 Å². The van der Waals surface area contributed by atoms with Crippen LogP contribution in [-0.2, 0) is 6.54 Å². The van der Waals surface area contributed by atoms with Crippen molar-refractivity contribution in [1.29, 1.82) is 0 Å². The molecular formula is C16H12F2N2S. The second-order valence-corrected chi connectivity index (χ2v) is 5.49. The van der Waals surface area contributed by atoms with Crippen LogP contribution in [0.25, 0.3) is 21.0 Å². The molecular weight excluding hydrogens is 290 g/mol. The highest BCUT2D eigenvalue weighted by Crippen LogP contribution is 2.36. The molecule has 0 aliphatic carbocycles. The summed E-state index contributed by atoms with van der Waals surface area (Å²) in [6.45, 7) is 0.267. The number of halogens is 2. The molecule has 1 heterocycles. The Hall–Kier alpha value is -2.11. The lowest BCUT2D eigenvalue weighted by atomic mass is 10.1. The molecule has 0 aliphatic heterocycles. The Morgan fingerprint density at radius 2 is 1.81 bits per heavy atom. The Bertz CT molecular complexity index is 769. The van der Waals surface area contributed by atoms with Crippen molar-refractivity contribution < 1.29 is 8.78 Å². The number of aromatic nitrogens is 1. The fourth-order valence-electron chi connectivity index (χ4n) is 2.08. The predicted molar refractivity (Wildman–Crippen MR) is 80.8 cm³/mol. The largest absolute Gasteiger partial charge is 0.325 e. The molecule has 3 aromatic rings. The lowest BCUT2D eigenvalue weighted by Gasteiger charge is -1.98. The smallest absolute Gasteiger partial charge is 0.136 e. The minimum absolute atomic E-state index is 0.267. The first-order valence-corrected chi connectivity index (χ1v) is 7.21. The van der Waals surface area contributed by atoms with Gasteiger partial charge >= 0.3 is 0 Å². The molecule has 0 bridgehead atoms. The molecule has 0 atom stereocenters. The van der Waals surface area contributed by atoms with Crippen molar-refractivity contribution in [2.45, 2.75) is 6.54 Å². The molecule has 0 unspecified atom stereocenters. The van der Waals surface area contributed by atoms with E-state index in [0.29, 0.717) is 16.3 Å². The van der Waals surface area contributed by atoms with Crippen LogP contribution < -0.4 is 5.73 Å². The van der Waals surface area contributed by atoms with E-state index in [1.54, 1.807) is 0 Å². The van der Waals surface area contributed by atoms with Crippen LogP contribution in [0.15, 0.2) is 48.5 Å². The number of nitrogens with zero attached hydrogens (tertiary/aromatic N) is 1. The first kappa shape index (κ1) is 13.9. The summed E-state index contributed by atoms with van der Waals surface area (Å²) in [4.78, 5) is 5.31. The summed E-state index contributed by atoms with van der Waals surface area (Å²) in [5.74, 6) is -1.22.